The lowest BCUT2D eigenvalue weighted by Crippen LogP contribution is -2.57. The molecule has 6 atom stereocenters. The number of esters is 1. The van der Waals surface area contributed by atoms with Gasteiger partial charge >= 0.3 is 5.97 Å². The number of ether oxygens (including phenoxy) is 2. The van der Waals surface area contributed by atoms with Crippen LogP contribution >= 0.6 is 0 Å². The molecule has 0 aromatic carbocycles. The van der Waals surface area contributed by atoms with Crippen LogP contribution in [0.15, 0.2) is 24.5 Å². The van der Waals surface area contributed by atoms with Crippen molar-refractivity contribution in [1.29, 1.82) is 0 Å². The predicted octanol–water partition coefficient (Wildman–Crippen LogP) is 4.10. The fourth-order valence-corrected chi connectivity index (χ4v) is 5.99. The third-order valence-corrected chi connectivity index (χ3v) is 6.85. The van der Waals surface area contributed by atoms with Gasteiger partial charge in [-0.2, -0.15) is 0 Å². The molecule has 3 nitrogen and oxygen atoms in total. The highest BCUT2D eigenvalue weighted by Crippen LogP contribution is 2.78. The minimum absolute atomic E-state index is 0.0411. The van der Waals surface area contributed by atoms with Crippen LogP contribution in [-0.2, 0) is 14.3 Å². The number of carbonyl (C=O) groups is 1. The van der Waals surface area contributed by atoms with E-state index in [0.29, 0.717) is 23.7 Å². The third-order valence-electron chi connectivity index (χ3n) is 6.85. The van der Waals surface area contributed by atoms with Crippen LogP contribution in [0.5, 0.6) is 0 Å². The summed E-state index contributed by atoms with van der Waals surface area (Å²) in [5.41, 5.74) is -0.124. The van der Waals surface area contributed by atoms with Gasteiger partial charge in [0.15, 0.2) is 0 Å². The van der Waals surface area contributed by atoms with E-state index in [1.807, 2.05) is 0 Å². The van der Waals surface area contributed by atoms with Gasteiger partial charge in [0.25, 0.3) is 0 Å². The molecule has 22 heavy (non-hydrogen) atoms. The Morgan fingerprint density at radius 1 is 1.41 bits per heavy atom. The average Bonchev–Trinajstić information content (AvgIpc) is 2.90. The Hall–Kier alpha value is -1.25. The van der Waals surface area contributed by atoms with Gasteiger partial charge in [-0.3, -0.25) is 0 Å². The first-order valence-corrected chi connectivity index (χ1v) is 8.66. The van der Waals surface area contributed by atoms with Gasteiger partial charge in [0, 0.05) is 11.3 Å². The molecule has 1 aliphatic heterocycles. The Morgan fingerprint density at radius 2 is 2.14 bits per heavy atom. The van der Waals surface area contributed by atoms with E-state index in [9.17, 15) is 4.79 Å². The molecule has 3 fully saturated rings. The van der Waals surface area contributed by atoms with Crippen molar-refractivity contribution in [2.24, 2.45) is 29.1 Å². The van der Waals surface area contributed by atoms with Gasteiger partial charge in [-0.15, -0.1) is 6.58 Å². The predicted molar refractivity (Wildman–Crippen MR) is 86.0 cm³/mol. The molecule has 122 valence electrons. The molecule has 3 heteroatoms. The SMILES string of the molecule is C=CC1C2C(CC)C[C@@]3(CC)O/C(=C\C(=O)OC)[C@]1(CC)C23. The number of hydrogen-bond acceptors (Lipinski definition) is 3. The zero-order valence-corrected chi connectivity index (χ0v) is 14.2. The van der Waals surface area contributed by atoms with Gasteiger partial charge in [-0.1, -0.05) is 33.3 Å². The average molecular weight is 304 g/mol. The molecular formula is C19H28O3. The molecule has 0 aromatic rings. The van der Waals surface area contributed by atoms with E-state index >= 15 is 0 Å². The summed E-state index contributed by atoms with van der Waals surface area (Å²) in [5.74, 6) is 2.85. The second kappa shape index (κ2) is 5.14. The maximum atomic E-state index is 11.8. The van der Waals surface area contributed by atoms with Gasteiger partial charge in [0.2, 0.25) is 0 Å². The second-order valence-electron chi connectivity index (χ2n) is 7.14. The zero-order valence-electron chi connectivity index (χ0n) is 14.2. The fourth-order valence-electron chi connectivity index (χ4n) is 5.99. The van der Waals surface area contributed by atoms with E-state index in [1.54, 1.807) is 6.08 Å². The van der Waals surface area contributed by atoms with Crippen LogP contribution in [0.1, 0.15) is 46.5 Å². The standard InChI is InChI=1S/C19H28O3/c1-6-12-11-18(8-3)17-16(12)13(7-2)19(17,9-4)14(22-18)10-15(20)21-5/h7,10,12-13,16-17H,2,6,8-9,11H2,1,3-5H3/b14-10-/t12?,13?,16?,17?,18-,19-/m1/s1. The molecule has 0 amide bonds. The monoisotopic (exact) mass is 304 g/mol. The lowest BCUT2D eigenvalue weighted by Gasteiger charge is -2.57. The maximum Gasteiger partial charge on any atom is 0.333 e. The quantitative estimate of drug-likeness (QED) is 0.436. The van der Waals surface area contributed by atoms with Crippen LogP contribution in [0, 0.1) is 29.1 Å². The lowest BCUT2D eigenvalue weighted by atomic mass is 9.44. The van der Waals surface area contributed by atoms with Crippen LogP contribution in [0.25, 0.3) is 0 Å². The van der Waals surface area contributed by atoms with E-state index in [0.717, 1.165) is 25.0 Å². The largest absolute Gasteiger partial charge is 0.490 e. The Labute approximate surface area is 133 Å². The van der Waals surface area contributed by atoms with Gasteiger partial charge in [-0.05, 0) is 37.0 Å². The van der Waals surface area contributed by atoms with Crippen molar-refractivity contribution in [1.82, 2.24) is 0 Å². The Kier molecular flexibility index (Phi) is 3.65. The van der Waals surface area contributed by atoms with Gasteiger partial charge in [0.05, 0.1) is 13.2 Å². The van der Waals surface area contributed by atoms with E-state index in [4.69, 9.17) is 9.47 Å². The van der Waals surface area contributed by atoms with Crippen LogP contribution in [0.2, 0.25) is 0 Å². The molecule has 0 N–H and O–H groups in total. The van der Waals surface area contributed by atoms with E-state index in [-0.39, 0.29) is 17.0 Å². The molecule has 0 spiro atoms. The summed E-state index contributed by atoms with van der Waals surface area (Å²) in [6.45, 7) is 10.8. The summed E-state index contributed by atoms with van der Waals surface area (Å²) in [6, 6.07) is 0. The smallest absolute Gasteiger partial charge is 0.333 e. The Morgan fingerprint density at radius 3 is 2.64 bits per heavy atom. The number of methoxy groups -OCH3 is 1. The molecule has 2 aliphatic carbocycles. The molecular weight excluding hydrogens is 276 g/mol. The minimum Gasteiger partial charge on any atom is -0.490 e. The number of carbonyl (C=O) groups excluding carboxylic acids is 1. The third kappa shape index (κ3) is 1.60. The van der Waals surface area contributed by atoms with Crippen LogP contribution in [-0.4, -0.2) is 18.7 Å². The first kappa shape index (κ1) is 15.6. The van der Waals surface area contributed by atoms with Crippen molar-refractivity contribution in [2.45, 2.75) is 52.1 Å². The second-order valence-corrected chi connectivity index (χ2v) is 7.14. The highest BCUT2D eigenvalue weighted by molar-refractivity contribution is 5.82. The normalized spacial score (nSPS) is 46.8. The molecule has 3 aliphatic rings. The summed E-state index contributed by atoms with van der Waals surface area (Å²) in [7, 11) is 1.42. The molecule has 0 bridgehead atoms. The molecule has 0 radical (unpaired) electrons. The molecule has 4 unspecified atom stereocenters. The molecule has 3 rings (SSSR count). The van der Waals surface area contributed by atoms with Gasteiger partial charge in [-0.25, -0.2) is 4.79 Å². The van der Waals surface area contributed by atoms with Crippen LogP contribution < -0.4 is 0 Å². The highest BCUT2D eigenvalue weighted by atomic mass is 16.5. The summed E-state index contributed by atoms with van der Waals surface area (Å²) >= 11 is 0. The van der Waals surface area contributed by atoms with Crippen molar-refractivity contribution < 1.29 is 14.3 Å². The summed E-state index contributed by atoms with van der Waals surface area (Å²) in [5, 5.41) is 0. The highest BCUT2D eigenvalue weighted by Gasteiger charge is 2.78. The Balaban J connectivity index is 2.09. The molecule has 2 saturated carbocycles. The van der Waals surface area contributed by atoms with E-state index in [1.165, 1.54) is 13.5 Å². The first-order chi connectivity index (χ1) is 10.5. The zero-order chi connectivity index (χ0) is 16.1. The topological polar surface area (TPSA) is 35.5 Å². The molecule has 1 saturated heterocycles. The minimum atomic E-state index is -0.313. The van der Waals surface area contributed by atoms with E-state index < -0.39 is 0 Å². The van der Waals surface area contributed by atoms with Crippen LogP contribution in [0.4, 0.5) is 0 Å². The van der Waals surface area contributed by atoms with Crippen molar-refractivity contribution >= 4 is 5.97 Å². The number of hydrogen-bond donors (Lipinski definition) is 0. The number of rotatable bonds is 5. The van der Waals surface area contributed by atoms with Crippen molar-refractivity contribution in [3.8, 4) is 0 Å². The lowest BCUT2D eigenvalue weighted by molar-refractivity contribution is -0.135. The van der Waals surface area contributed by atoms with Gasteiger partial charge < -0.3 is 9.47 Å². The number of allylic oxidation sites excluding steroid dienone is 2. The van der Waals surface area contributed by atoms with Crippen molar-refractivity contribution in [3.63, 3.8) is 0 Å². The Bertz CT molecular complexity index is 523. The first-order valence-electron chi connectivity index (χ1n) is 8.66. The molecule has 1 heterocycles. The summed E-state index contributed by atoms with van der Waals surface area (Å²) in [6.07, 6.45) is 8.01. The van der Waals surface area contributed by atoms with Crippen molar-refractivity contribution in [3.05, 3.63) is 24.5 Å². The van der Waals surface area contributed by atoms with Crippen molar-refractivity contribution in [2.75, 3.05) is 7.11 Å². The van der Waals surface area contributed by atoms with E-state index in [2.05, 4.69) is 33.4 Å². The summed E-state index contributed by atoms with van der Waals surface area (Å²) < 4.78 is 11.4. The molecule has 0 aromatic heterocycles. The fraction of sp³-hybridized carbons (Fsp3) is 0.737. The van der Waals surface area contributed by atoms with Gasteiger partial charge in [0.1, 0.15) is 11.4 Å². The summed E-state index contributed by atoms with van der Waals surface area (Å²) in [4.78, 5) is 11.8. The maximum absolute atomic E-state index is 11.8. The van der Waals surface area contributed by atoms with Crippen LogP contribution in [0.3, 0.4) is 0 Å².